The molecule has 3 fully saturated rings. The summed E-state index contributed by atoms with van der Waals surface area (Å²) < 4.78 is 30.9. The molecule has 3 heterocycles. The molecule has 1 amide bonds. The molecule has 4 rings (SSSR count). The lowest BCUT2D eigenvalue weighted by Gasteiger charge is -2.47. The van der Waals surface area contributed by atoms with E-state index >= 15 is 0 Å². The number of ether oxygens (including phenoxy) is 5. The van der Waals surface area contributed by atoms with Crippen LogP contribution in [0.2, 0.25) is 0 Å². The van der Waals surface area contributed by atoms with E-state index in [0.29, 0.717) is 12.8 Å². The topological polar surface area (TPSA) is 167 Å². The highest BCUT2D eigenvalue weighted by molar-refractivity contribution is 6.00. The molecule has 3 saturated heterocycles. The zero-order valence-electron chi connectivity index (χ0n) is 33.8. The Balaban J connectivity index is 1.74. The van der Waals surface area contributed by atoms with Gasteiger partial charge < -0.3 is 39.0 Å². The number of aliphatic hydroxyl groups excluding tert-OH is 1. The maximum absolute atomic E-state index is 14.6. The van der Waals surface area contributed by atoms with Crippen molar-refractivity contribution < 1.29 is 52.8 Å². The second-order valence-electron chi connectivity index (χ2n) is 16.4. The minimum Gasteiger partial charge on any atom is -0.458 e. The molecule has 3 aliphatic rings. The van der Waals surface area contributed by atoms with E-state index in [1.807, 2.05) is 56.3 Å². The molecule has 13 nitrogen and oxygen atoms in total. The summed E-state index contributed by atoms with van der Waals surface area (Å²) in [6, 6.07) is 7.98. The molecule has 1 aromatic rings. The van der Waals surface area contributed by atoms with Gasteiger partial charge in [-0.15, -0.1) is 0 Å². The summed E-state index contributed by atoms with van der Waals surface area (Å²) >= 11 is 0. The first-order valence-corrected chi connectivity index (χ1v) is 19.3. The van der Waals surface area contributed by atoms with E-state index in [0.717, 1.165) is 5.56 Å². The van der Waals surface area contributed by atoms with Gasteiger partial charge >= 0.3 is 11.9 Å². The fraction of sp³-hybridized carbons (Fsp3) is 0.732. The maximum atomic E-state index is 14.6. The van der Waals surface area contributed by atoms with Crippen LogP contribution in [0.5, 0.6) is 0 Å². The number of benzene rings is 1. The number of hydrogen-bond acceptors (Lipinski definition) is 12. The fourth-order valence-corrected chi connectivity index (χ4v) is 8.94. The van der Waals surface area contributed by atoms with E-state index in [4.69, 9.17) is 23.7 Å². The zero-order valence-corrected chi connectivity index (χ0v) is 33.8. The summed E-state index contributed by atoms with van der Waals surface area (Å²) in [4.78, 5) is 71.7. The first kappa shape index (κ1) is 43.5. The second-order valence-corrected chi connectivity index (χ2v) is 16.4. The summed E-state index contributed by atoms with van der Waals surface area (Å²) in [5.74, 6) is -7.43. The summed E-state index contributed by atoms with van der Waals surface area (Å²) in [6.07, 6.45) is -3.24. The average molecular weight is 759 g/mol. The second kappa shape index (κ2) is 17.7. The summed E-state index contributed by atoms with van der Waals surface area (Å²) in [6.45, 7) is 13.6. The number of esters is 2. The molecular formula is C41H62N2O11. The van der Waals surface area contributed by atoms with Gasteiger partial charge in [0.2, 0.25) is 5.91 Å². The molecule has 14 atom stereocenters. The van der Waals surface area contributed by atoms with Gasteiger partial charge in [0.25, 0.3) is 0 Å². The van der Waals surface area contributed by atoms with Crippen molar-refractivity contribution >= 4 is 29.4 Å². The van der Waals surface area contributed by atoms with Crippen molar-refractivity contribution in [3.63, 3.8) is 0 Å². The monoisotopic (exact) mass is 758 g/mol. The van der Waals surface area contributed by atoms with Gasteiger partial charge in [0, 0.05) is 43.2 Å². The molecule has 54 heavy (non-hydrogen) atoms. The van der Waals surface area contributed by atoms with E-state index in [9.17, 15) is 29.1 Å². The standard InChI is InChI=1S/C41H62N2O11/c1-12-29-41(8)31(32(38(49)54-41)42-30(44)19-18-27-16-14-13-15-17-27)24(4)33(45)22(2)21-40(7,50-11)36(25(5)34(46)26(6)37(48)52-29)53-39-35(47)28(43(9)10)20-23(3)51-39/h13-17,22-26,28-29,31-32,35-36,39,47H,12,18-21H2,1-11H3,(H,42,44)/t22-,23-,24-,25+,26-,28+,29-,31+,32?,35-,36-,39+,40-,41-/m1/s1. The van der Waals surface area contributed by atoms with Gasteiger partial charge in [-0.3, -0.25) is 19.2 Å². The first-order valence-electron chi connectivity index (χ1n) is 19.3. The van der Waals surface area contributed by atoms with Crippen molar-refractivity contribution in [1.29, 1.82) is 0 Å². The Morgan fingerprint density at radius 1 is 0.981 bits per heavy atom. The van der Waals surface area contributed by atoms with Crippen molar-refractivity contribution in [3.8, 4) is 0 Å². The number of nitrogens with one attached hydrogen (secondary N) is 1. The third kappa shape index (κ3) is 9.07. The number of aliphatic hydroxyl groups is 1. The van der Waals surface area contributed by atoms with Gasteiger partial charge in [0.15, 0.2) is 17.7 Å². The van der Waals surface area contributed by atoms with Crippen LogP contribution < -0.4 is 5.32 Å². The molecule has 3 aliphatic heterocycles. The Kier molecular flexibility index (Phi) is 14.3. The SMILES string of the molecule is CC[C@H]1OC(=O)[C@H](C)C(=O)[C@H](C)[C@@H](O[C@@H]2O[C@H](C)C[C@H](N(C)C)[C@H]2O)[C@](C)(OC)C[C@@H](C)C(=O)[C@H](C)[C@H]2C(NC(=O)CCc3ccccc3)C(=O)O[C@@]21C. The van der Waals surface area contributed by atoms with Crippen LogP contribution in [0.4, 0.5) is 0 Å². The highest BCUT2D eigenvalue weighted by Gasteiger charge is 2.62. The number of fused-ring (bicyclic) bond motifs is 1. The van der Waals surface area contributed by atoms with Gasteiger partial charge in [-0.25, -0.2) is 4.79 Å². The van der Waals surface area contributed by atoms with Crippen LogP contribution in [0.3, 0.4) is 0 Å². The molecule has 0 aromatic heterocycles. The van der Waals surface area contributed by atoms with Crippen LogP contribution in [-0.4, -0.2) is 115 Å². The number of cyclic esters (lactones) is 1. The maximum Gasteiger partial charge on any atom is 0.329 e. The van der Waals surface area contributed by atoms with Crippen LogP contribution >= 0.6 is 0 Å². The quantitative estimate of drug-likeness (QED) is 0.278. The minimum atomic E-state index is -1.52. The lowest BCUT2D eigenvalue weighted by atomic mass is 9.69. The summed E-state index contributed by atoms with van der Waals surface area (Å²) in [7, 11) is 5.18. The Bertz CT molecular complexity index is 1500. The first-order chi connectivity index (χ1) is 25.3. The molecule has 0 saturated carbocycles. The Morgan fingerprint density at radius 3 is 2.22 bits per heavy atom. The van der Waals surface area contributed by atoms with Crippen LogP contribution in [0.25, 0.3) is 0 Å². The van der Waals surface area contributed by atoms with Crippen LogP contribution in [0, 0.1) is 29.6 Å². The lowest BCUT2D eigenvalue weighted by molar-refractivity contribution is -0.295. The molecule has 0 spiro atoms. The number of carbonyl (C=O) groups is 5. The van der Waals surface area contributed by atoms with Gasteiger partial charge in [-0.2, -0.15) is 0 Å². The highest BCUT2D eigenvalue weighted by atomic mass is 16.7. The van der Waals surface area contributed by atoms with E-state index < -0.39 is 89.2 Å². The normalized spacial score (nSPS) is 39.7. The Hall–Kier alpha value is -3.23. The Labute approximate surface area is 320 Å². The number of methoxy groups -OCH3 is 1. The van der Waals surface area contributed by atoms with Crippen molar-refractivity contribution in [2.45, 2.75) is 141 Å². The van der Waals surface area contributed by atoms with E-state index in [-0.39, 0.29) is 43.1 Å². The van der Waals surface area contributed by atoms with Gasteiger partial charge in [-0.1, -0.05) is 58.0 Å². The number of aryl methyl sites for hydroxylation is 1. The number of nitrogens with zero attached hydrogens (tertiary/aromatic N) is 1. The van der Waals surface area contributed by atoms with E-state index in [1.54, 1.807) is 41.5 Å². The third-order valence-corrected chi connectivity index (χ3v) is 12.2. The van der Waals surface area contributed by atoms with E-state index in [1.165, 1.54) is 14.0 Å². The predicted octanol–water partition coefficient (Wildman–Crippen LogP) is 3.66. The summed E-state index contributed by atoms with van der Waals surface area (Å²) in [5, 5.41) is 14.2. The molecule has 13 heteroatoms. The lowest BCUT2D eigenvalue weighted by Crippen LogP contribution is -2.59. The molecule has 0 bridgehead atoms. The molecule has 0 aliphatic carbocycles. The predicted molar refractivity (Wildman–Crippen MR) is 199 cm³/mol. The number of amides is 1. The molecule has 302 valence electrons. The van der Waals surface area contributed by atoms with Crippen LogP contribution in [0.15, 0.2) is 30.3 Å². The smallest absolute Gasteiger partial charge is 0.329 e. The number of Topliss-reactive ketones (excluding diaryl/α,β-unsaturated/α-hetero) is 2. The van der Waals surface area contributed by atoms with Crippen molar-refractivity contribution in [1.82, 2.24) is 10.2 Å². The third-order valence-electron chi connectivity index (χ3n) is 12.2. The molecular weight excluding hydrogens is 696 g/mol. The Morgan fingerprint density at radius 2 is 1.63 bits per heavy atom. The van der Waals surface area contributed by atoms with Gasteiger partial charge in [-0.05, 0) is 73.0 Å². The molecule has 0 radical (unpaired) electrons. The number of ketones is 2. The highest BCUT2D eigenvalue weighted by Crippen LogP contribution is 2.45. The molecule has 1 aromatic carbocycles. The van der Waals surface area contributed by atoms with E-state index in [2.05, 4.69) is 5.32 Å². The number of hydrogen-bond donors (Lipinski definition) is 2. The van der Waals surface area contributed by atoms with Crippen LogP contribution in [0.1, 0.15) is 86.6 Å². The zero-order chi connectivity index (χ0) is 40.3. The van der Waals surface area contributed by atoms with Crippen molar-refractivity contribution in [2.75, 3.05) is 21.2 Å². The number of carbonyl (C=O) groups excluding carboxylic acids is 5. The van der Waals surface area contributed by atoms with Gasteiger partial charge in [0.1, 0.15) is 30.0 Å². The summed E-state index contributed by atoms with van der Waals surface area (Å²) in [5.41, 5.74) is -1.87. The van der Waals surface area contributed by atoms with Crippen molar-refractivity contribution in [2.24, 2.45) is 29.6 Å². The van der Waals surface area contributed by atoms with Crippen molar-refractivity contribution in [3.05, 3.63) is 35.9 Å². The van der Waals surface area contributed by atoms with Crippen LogP contribution in [-0.2, 0) is 54.1 Å². The number of likely N-dealkylation sites (N-methyl/N-ethyl adjacent to an activating group) is 1. The van der Waals surface area contributed by atoms with Gasteiger partial charge in [0.05, 0.1) is 17.8 Å². The molecule has 1 unspecified atom stereocenters. The molecule has 2 N–H and O–H groups in total. The largest absolute Gasteiger partial charge is 0.458 e. The number of rotatable bonds is 9. The average Bonchev–Trinajstić information content (AvgIpc) is 3.39. The fourth-order valence-electron chi connectivity index (χ4n) is 8.94. The minimum absolute atomic E-state index is 0.0762.